The number of ether oxygens (including phenoxy) is 1. The number of hydrogen-bond acceptors (Lipinski definition) is 3. The second kappa shape index (κ2) is 9.22. The minimum atomic E-state index is -0.733. The van der Waals surface area contributed by atoms with Gasteiger partial charge in [0.25, 0.3) is 0 Å². The molecule has 0 saturated carbocycles. The van der Waals surface area contributed by atoms with E-state index < -0.39 is 5.97 Å². The predicted octanol–water partition coefficient (Wildman–Crippen LogP) is 3.04. The van der Waals surface area contributed by atoms with E-state index in [0.29, 0.717) is 6.42 Å². The summed E-state index contributed by atoms with van der Waals surface area (Å²) in [6, 6.07) is 16.0. The monoisotopic (exact) mass is 380 g/mol. The number of carboxylic acid groups (broad SMARTS) is 1. The Morgan fingerprint density at radius 1 is 1.07 bits per heavy atom. The van der Waals surface area contributed by atoms with Crippen LogP contribution < -0.4 is 15.1 Å². The Hall–Kier alpha value is -3.08. The van der Waals surface area contributed by atoms with E-state index in [1.807, 2.05) is 42.5 Å². The van der Waals surface area contributed by atoms with Crippen LogP contribution in [0.2, 0.25) is 0 Å². The maximum Gasteiger partial charge on any atom is 0.303 e. The first-order valence-electron chi connectivity index (χ1n) is 9.54. The number of fused-ring (bicyclic) bond motifs is 1. The quantitative estimate of drug-likeness (QED) is 0.589. The van der Waals surface area contributed by atoms with Crippen molar-refractivity contribution in [2.75, 3.05) is 13.7 Å². The van der Waals surface area contributed by atoms with Crippen LogP contribution in [0.15, 0.2) is 52.9 Å². The van der Waals surface area contributed by atoms with Crippen molar-refractivity contribution in [1.82, 2.24) is 0 Å². The van der Waals surface area contributed by atoms with Crippen LogP contribution in [0, 0.1) is 6.92 Å². The lowest BCUT2D eigenvalue weighted by Crippen LogP contribution is -2.76. The Morgan fingerprint density at radius 3 is 2.57 bits per heavy atom. The van der Waals surface area contributed by atoms with Gasteiger partial charge >= 0.3 is 5.97 Å². The van der Waals surface area contributed by atoms with Crippen LogP contribution in [-0.2, 0) is 4.79 Å². The topological polar surface area (TPSA) is 73.6 Å². The minimum absolute atomic E-state index is 0.230. The Labute approximate surface area is 164 Å². The Balaban J connectivity index is 1.90. The third-order valence-corrected chi connectivity index (χ3v) is 4.68. The van der Waals surface area contributed by atoms with Gasteiger partial charge in [-0.3, -0.25) is 4.79 Å². The van der Waals surface area contributed by atoms with E-state index in [1.165, 1.54) is 5.56 Å². The summed E-state index contributed by atoms with van der Waals surface area (Å²) < 4.78 is 11.4. The molecule has 0 amide bonds. The lowest BCUT2D eigenvalue weighted by atomic mass is 10.1. The first-order chi connectivity index (χ1) is 13.6. The van der Waals surface area contributed by atoms with E-state index >= 15 is 0 Å². The van der Waals surface area contributed by atoms with Gasteiger partial charge in [0.15, 0.2) is 0 Å². The molecule has 5 nitrogen and oxygen atoms in total. The summed E-state index contributed by atoms with van der Waals surface area (Å²) in [6.07, 6.45) is 2.75. The van der Waals surface area contributed by atoms with Crippen molar-refractivity contribution in [2.45, 2.75) is 32.6 Å². The molecule has 0 radical (unpaired) electrons. The molecule has 0 aliphatic carbocycles. The molecule has 0 atom stereocenters. The number of carbonyl (C=O) groups is 1. The molecule has 146 valence electrons. The third-order valence-electron chi connectivity index (χ3n) is 4.68. The van der Waals surface area contributed by atoms with Crippen molar-refractivity contribution >= 4 is 16.9 Å². The van der Waals surface area contributed by atoms with Gasteiger partial charge in [0.2, 0.25) is 5.36 Å². The second-order valence-corrected chi connectivity index (χ2v) is 6.88. The number of nitrogens with one attached hydrogen (secondary N) is 1. The first kappa shape index (κ1) is 19.7. The zero-order chi connectivity index (χ0) is 19.9. The maximum atomic E-state index is 10.6. The average molecular weight is 380 g/mol. The van der Waals surface area contributed by atoms with Gasteiger partial charge in [0, 0.05) is 18.4 Å². The standard InChI is InChI=1S/C23H25NO4/c1-16-7-12-21-19(14-16)20(24-13-5-3-4-6-23(25)26)15-22(28-21)17-8-10-18(27-2)11-9-17/h7-12,14-15H,3-6,13H2,1-2H3,(H,25,26)/p+1. The SMILES string of the molecule is COc1ccc(-c2cc(=[NH+]CCCCCC(=O)O)c3cc(C)ccc3o2)cc1. The third kappa shape index (κ3) is 5.00. The molecule has 28 heavy (non-hydrogen) atoms. The molecule has 5 heteroatoms. The van der Waals surface area contributed by atoms with Crippen LogP contribution in [-0.4, -0.2) is 24.7 Å². The van der Waals surface area contributed by atoms with Gasteiger partial charge in [0.1, 0.15) is 23.6 Å². The van der Waals surface area contributed by atoms with Gasteiger partial charge in [-0.05, 0) is 56.2 Å². The second-order valence-electron chi connectivity index (χ2n) is 6.88. The number of hydrogen-bond donors (Lipinski definition) is 2. The number of rotatable bonds is 8. The molecule has 3 rings (SSSR count). The van der Waals surface area contributed by atoms with E-state index in [4.69, 9.17) is 14.3 Å². The molecule has 0 aliphatic heterocycles. The molecular formula is C23H26NO4+. The minimum Gasteiger partial charge on any atom is -0.497 e. The molecule has 0 spiro atoms. The lowest BCUT2D eigenvalue weighted by Gasteiger charge is -2.05. The van der Waals surface area contributed by atoms with Gasteiger partial charge in [-0.2, -0.15) is 0 Å². The summed E-state index contributed by atoms with van der Waals surface area (Å²) in [5.41, 5.74) is 2.98. The Bertz CT molecular complexity index is 1020. The molecule has 0 aliphatic rings. The number of unbranched alkanes of at least 4 members (excludes halogenated alkanes) is 2. The zero-order valence-electron chi connectivity index (χ0n) is 16.3. The van der Waals surface area contributed by atoms with Crippen LogP contribution >= 0.6 is 0 Å². The number of benzene rings is 2. The maximum absolute atomic E-state index is 10.6. The summed E-state index contributed by atoms with van der Waals surface area (Å²) >= 11 is 0. The Kier molecular flexibility index (Phi) is 6.48. The molecule has 2 aromatic carbocycles. The van der Waals surface area contributed by atoms with E-state index in [1.54, 1.807) is 7.11 Å². The average Bonchev–Trinajstić information content (AvgIpc) is 2.70. The van der Waals surface area contributed by atoms with E-state index in [9.17, 15) is 4.79 Å². The predicted molar refractivity (Wildman–Crippen MR) is 108 cm³/mol. The molecule has 1 aromatic heterocycles. The van der Waals surface area contributed by atoms with Crippen molar-refractivity contribution < 1.29 is 24.0 Å². The Morgan fingerprint density at radius 2 is 1.86 bits per heavy atom. The van der Waals surface area contributed by atoms with Gasteiger partial charge in [-0.15, -0.1) is 0 Å². The highest BCUT2D eigenvalue weighted by Gasteiger charge is 2.09. The van der Waals surface area contributed by atoms with Crippen molar-refractivity contribution in [3.05, 3.63) is 59.5 Å². The first-order valence-corrected chi connectivity index (χ1v) is 9.54. The van der Waals surface area contributed by atoms with E-state index in [-0.39, 0.29) is 6.42 Å². The lowest BCUT2D eigenvalue weighted by molar-refractivity contribution is -0.499. The summed E-state index contributed by atoms with van der Waals surface area (Å²) in [5.74, 6) is 0.857. The molecule has 2 N–H and O–H groups in total. The fourth-order valence-electron chi connectivity index (χ4n) is 3.14. The fraction of sp³-hybridized carbons (Fsp3) is 0.304. The van der Waals surface area contributed by atoms with Gasteiger partial charge < -0.3 is 14.3 Å². The van der Waals surface area contributed by atoms with Crippen LogP contribution in [0.5, 0.6) is 5.75 Å². The molecule has 0 saturated heterocycles. The number of aryl methyl sites for hydroxylation is 1. The van der Waals surface area contributed by atoms with Crippen LogP contribution in [0.3, 0.4) is 0 Å². The number of methoxy groups -OCH3 is 1. The van der Waals surface area contributed by atoms with Gasteiger partial charge in [-0.25, -0.2) is 4.99 Å². The van der Waals surface area contributed by atoms with E-state index in [2.05, 4.69) is 18.0 Å². The van der Waals surface area contributed by atoms with Crippen molar-refractivity contribution in [3.63, 3.8) is 0 Å². The highest BCUT2D eigenvalue weighted by molar-refractivity contribution is 5.78. The van der Waals surface area contributed by atoms with Crippen molar-refractivity contribution in [1.29, 1.82) is 0 Å². The fourth-order valence-corrected chi connectivity index (χ4v) is 3.14. The van der Waals surface area contributed by atoms with E-state index in [0.717, 1.165) is 52.8 Å². The molecular weight excluding hydrogens is 354 g/mol. The molecule has 3 aromatic rings. The molecule has 0 fully saturated rings. The molecule has 1 heterocycles. The molecule has 0 unspecified atom stereocenters. The zero-order valence-corrected chi connectivity index (χ0v) is 16.3. The summed E-state index contributed by atoms with van der Waals surface area (Å²) in [5, 5.41) is 10.8. The summed E-state index contributed by atoms with van der Waals surface area (Å²) in [7, 11) is 1.65. The highest BCUT2D eigenvalue weighted by Crippen LogP contribution is 2.24. The summed E-state index contributed by atoms with van der Waals surface area (Å²) in [4.78, 5) is 14.1. The highest BCUT2D eigenvalue weighted by atomic mass is 16.5. The largest absolute Gasteiger partial charge is 0.497 e. The van der Waals surface area contributed by atoms with Crippen LogP contribution in [0.4, 0.5) is 0 Å². The van der Waals surface area contributed by atoms with Crippen molar-refractivity contribution in [3.8, 4) is 17.1 Å². The normalized spacial score (nSPS) is 11.7. The van der Waals surface area contributed by atoms with Crippen LogP contribution in [0.1, 0.15) is 31.2 Å². The van der Waals surface area contributed by atoms with Crippen molar-refractivity contribution in [2.24, 2.45) is 0 Å². The summed E-state index contributed by atoms with van der Waals surface area (Å²) in [6.45, 7) is 2.85. The van der Waals surface area contributed by atoms with Gasteiger partial charge in [-0.1, -0.05) is 11.6 Å². The number of aliphatic carboxylic acids is 1. The smallest absolute Gasteiger partial charge is 0.303 e. The number of carboxylic acids is 1. The van der Waals surface area contributed by atoms with Crippen LogP contribution in [0.25, 0.3) is 22.3 Å². The van der Waals surface area contributed by atoms with Gasteiger partial charge in [0.05, 0.1) is 18.6 Å². The molecule has 0 bridgehead atoms.